The topological polar surface area (TPSA) is 22.1 Å². The molecule has 0 aliphatic rings. The fraction of sp³-hybridized carbons (Fsp3) is 0.400. The predicted octanol–water partition coefficient (Wildman–Crippen LogP) is 4.80. The van der Waals surface area contributed by atoms with Gasteiger partial charge in [0.25, 0.3) is 0 Å². The number of nitrogens with zero attached hydrogens (tertiary/aromatic N) is 1. The molecule has 1 heterocycles. The van der Waals surface area contributed by atoms with Crippen molar-refractivity contribution in [2.24, 2.45) is 0 Å². The smallest absolute Gasteiger partial charge is 0.120 e. The third-order valence-electron chi connectivity index (χ3n) is 2.71. The number of ether oxygens (including phenoxy) is 1. The summed E-state index contributed by atoms with van der Waals surface area (Å²) in [6.07, 6.45) is 0.157. The van der Waals surface area contributed by atoms with Gasteiger partial charge in [0.05, 0.1) is 16.6 Å². The van der Waals surface area contributed by atoms with Crippen molar-refractivity contribution in [1.29, 1.82) is 0 Å². The predicted molar refractivity (Wildman–Crippen MR) is 76.6 cm³/mol. The first-order valence-electron chi connectivity index (χ1n) is 6.24. The van der Waals surface area contributed by atoms with E-state index in [0.29, 0.717) is 5.92 Å². The van der Waals surface area contributed by atoms with Crippen LogP contribution in [0.15, 0.2) is 24.3 Å². The van der Waals surface area contributed by atoms with Gasteiger partial charge in [-0.3, -0.25) is 4.98 Å². The van der Waals surface area contributed by atoms with Crippen LogP contribution in [0.5, 0.6) is 5.75 Å². The zero-order valence-corrected chi connectivity index (χ0v) is 12.0. The van der Waals surface area contributed by atoms with Crippen LogP contribution >= 0.6 is 11.6 Å². The first-order chi connectivity index (χ1) is 8.47. The van der Waals surface area contributed by atoms with Gasteiger partial charge in [0, 0.05) is 11.1 Å². The lowest BCUT2D eigenvalue weighted by molar-refractivity contribution is 0.243. The number of hydrogen-bond acceptors (Lipinski definition) is 2. The van der Waals surface area contributed by atoms with Gasteiger partial charge in [-0.1, -0.05) is 25.4 Å². The Morgan fingerprint density at radius 2 is 1.83 bits per heavy atom. The van der Waals surface area contributed by atoms with Crippen molar-refractivity contribution >= 4 is 22.5 Å². The maximum atomic E-state index is 6.32. The summed E-state index contributed by atoms with van der Waals surface area (Å²) in [6.45, 7) is 8.24. The second kappa shape index (κ2) is 5.15. The molecule has 2 rings (SSSR count). The Kier molecular flexibility index (Phi) is 3.76. The molecule has 2 aromatic rings. The average Bonchev–Trinajstić information content (AvgIpc) is 2.28. The minimum absolute atomic E-state index is 0.157. The summed E-state index contributed by atoms with van der Waals surface area (Å²) in [5, 5.41) is 1.68. The molecule has 0 fully saturated rings. The molecule has 0 saturated heterocycles. The van der Waals surface area contributed by atoms with Crippen LogP contribution < -0.4 is 4.74 Å². The minimum atomic E-state index is 0.157. The summed E-state index contributed by atoms with van der Waals surface area (Å²) >= 11 is 6.32. The summed E-state index contributed by atoms with van der Waals surface area (Å²) in [6, 6.07) is 7.79. The van der Waals surface area contributed by atoms with Gasteiger partial charge in [0.15, 0.2) is 0 Å². The number of hydrogen-bond donors (Lipinski definition) is 0. The van der Waals surface area contributed by atoms with Crippen LogP contribution in [0.25, 0.3) is 10.9 Å². The van der Waals surface area contributed by atoms with Crippen LogP contribution in [0.1, 0.15) is 39.3 Å². The van der Waals surface area contributed by atoms with Crippen molar-refractivity contribution in [2.75, 3.05) is 0 Å². The van der Waals surface area contributed by atoms with E-state index in [1.807, 2.05) is 38.1 Å². The van der Waals surface area contributed by atoms with Crippen LogP contribution in [-0.2, 0) is 0 Å². The van der Waals surface area contributed by atoms with Crippen molar-refractivity contribution in [3.63, 3.8) is 0 Å². The lowest BCUT2D eigenvalue weighted by Crippen LogP contribution is -2.05. The van der Waals surface area contributed by atoms with E-state index >= 15 is 0 Å². The number of rotatable bonds is 3. The summed E-state index contributed by atoms with van der Waals surface area (Å²) in [5.74, 6) is 1.21. The normalized spacial score (nSPS) is 11.5. The molecule has 0 bridgehead atoms. The van der Waals surface area contributed by atoms with Crippen LogP contribution in [0.4, 0.5) is 0 Å². The van der Waals surface area contributed by atoms with E-state index in [1.165, 1.54) is 0 Å². The highest BCUT2D eigenvalue weighted by molar-refractivity contribution is 6.35. The van der Waals surface area contributed by atoms with E-state index in [-0.39, 0.29) is 6.10 Å². The molecule has 0 unspecified atom stereocenters. The van der Waals surface area contributed by atoms with Gasteiger partial charge < -0.3 is 4.74 Å². The quantitative estimate of drug-likeness (QED) is 0.794. The van der Waals surface area contributed by atoms with Crippen molar-refractivity contribution in [2.45, 2.75) is 39.7 Å². The largest absolute Gasteiger partial charge is 0.491 e. The SMILES string of the molecule is CC(C)Oc1ccc2nc(C(C)C)cc(Cl)c2c1. The molecule has 1 aromatic heterocycles. The third-order valence-corrected chi connectivity index (χ3v) is 3.03. The molecule has 0 N–H and O–H groups in total. The highest BCUT2D eigenvalue weighted by atomic mass is 35.5. The lowest BCUT2D eigenvalue weighted by atomic mass is 10.1. The molecule has 0 radical (unpaired) electrons. The molecule has 2 nitrogen and oxygen atoms in total. The molecule has 3 heteroatoms. The average molecular weight is 264 g/mol. The number of aromatic nitrogens is 1. The lowest BCUT2D eigenvalue weighted by Gasteiger charge is -2.12. The summed E-state index contributed by atoms with van der Waals surface area (Å²) < 4.78 is 5.67. The van der Waals surface area contributed by atoms with Gasteiger partial charge in [-0.05, 0) is 44.0 Å². The number of benzene rings is 1. The van der Waals surface area contributed by atoms with Gasteiger partial charge in [0.2, 0.25) is 0 Å². The summed E-state index contributed by atoms with van der Waals surface area (Å²) in [5.41, 5.74) is 1.94. The van der Waals surface area contributed by atoms with Gasteiger partial charge in [-0.2, -0.15) is 0 Å². The standard InChI is InChI=1S/C15H18ClNO/c1-9(2)15-8-13(16)12-7-11(18-10(3)4)5-6-14(12)17-15/h5-10H,1-4H3. The number of fused-ring (bicyclic) bond motifs is 1. The summed E-state index contributed by atoms with van der Waals surface area (Å²) in [7, 11) is 0. The Labute approximate surface area is 113 Å². The van der Waals surface area contributed by atoms with Gasteiger partial charge in [-0.25, -0.2) is 0 Å². The number of halogens is 1. The third kappa shape index (κ3) is 2.75. The molecule has 96 valence electrons. The first-order valence-corrected chi connectivity index (χ1v) is 6.62. The molecule has 0 aliphatic carbocycles. The zero-order valence-electron chi connectivity index (χ0n) is 11.2. The van der Waals surface area contributed by atoms with Crippen LogP contribution in [-0.4, -0.2) is 11.1 Å². The van der Waals surface area contributed by atoms with Crippen molar-refractivity contribution in [3.8, 4) is 5.75 Å². The zero-order chi connectivity index (χ0) is 13.3. The van der Waals surface area contributed by atoms with Crippen molar-refractivity contribution in [3.05, 3.63) is 35.0 Å². The van der Waals surface area contributed by atoms with E-state index in [4.69, 9.17) is 16.3 Å². The molecule has 0 spiro atoms. The van der Waals surface area contributed by atoms with Gasteiger partial charge in [-0.15, -0.1) is 0 Å². The summed E-state index contributed by atoms with van der Waals surface area (Å²) in [4.78, 5) is 4.62. The monoisotopic (exact) mass is 263 g/mol. The van der Waals surface area contributed by atoms with E-state index in [2.05, 4.69) is 18.8 Å². The maximum Gasteiger partial charge on any atom is 0.120 e. The van der Waals surface area contributed by atoms with Crippen molar-refractivity contribution < 1.29 is 4.74 Å². The molecule has 18 heavy (non-hydrogen) atoms. The second-order valence-electron chi connectivity index (χ2n) is 5.03. The Bertz CT molecular complexity index is 564. The number of pyridine rings is 1. The first kappa shape index (κ1) is 13.2. The Morgan fingerprint density at radius 1 is 1.11 bits per heavy atom. The highest BCUT2D eigenvalue weighted by Gasteiger charge is 2.08. The van der Waals surface area contributed by atoms with E-state index in [1.54, 1.807) is 0 Å². The molecule has 0 saturated carbocycles. The molecular weight excluding hydrogens is 246 g/mol. The molecular formula is C15H18ClNO. The van der Waals surface area contributed by atoms with E-state index in [0.717, 1.165) is 27.4 Å². The molecule has 0 amide bonds. The Balaban J connectivity index is 2.51. The van der Waals surface area contributed by atoms with Crippen LogP contribution in [0.2, 0.25) is 5.02 Å². The van der Waals surface area contributed by atoms with E-state index in [9.17, 15) is 0 Å². The fourth-order valence-corrected chi connectivity index (χ4v) is 2.09. The molecule has 1 aromatic carbocycles. The molecule has 0 aliphatic heterocycles. The molecule has 0 atom stereocenters. The van der Waals surface area contributed by atoms with Crippen molar-refractivity contribution in [1.82, 2.24) is 4.98 Å². The van der Waals surface area contributed by atoms with Crippen LogP contribution in [0, 0.1) is 0 Å². The Hall–Kier alpha value is -1.28. The van der Waals surface area contributed by atoms with Gasteiger partial charge >= 0.3 is 0 Å². The van der Waals surface area contributed by atoms with Crippen LogP contribution in [0.3, 0.4) is 0 Å². The second-order valence-corrected chi connectivity index (χ2v) is 5.44. The van der Waals surface area contributed by atoms with E-state index < -0.39 is 0 Å². The Morgan fingerprint density at radius 3 is 2.44 bits per heavy atom. The maximum absolute atomic E-state index is 6.32. The van der Waals surface area contributed by atoms with Gasteiger partial charge in [0.1, 0.15) is 5.75 Å². The fourth-order valence-electron chi connectivity index (χ4n) is 1.82. The minimum Gasteiger partial charge on any atom is -0.491 e. The highest BCUT2D eigenvalue weighted by Crippen LogP contribution is 2.29.